The lowest BCUT2D eigenvalue weighted by atomic mass is 10.0. The number of imide groups is 1. The Labute approximate surface area is 189 Å². The van der Waals surface area contributed by atoms with Gasteiger partial charge in [-0.3, -0.25) is 9.59 Å². The molecule has 0 N–H and O–H groups in total. The fourth-order valence-corrected chi connectivity index (χ4v) is 4.02. The second-order valence-corrected chi connectivity index (χ2v) is 8.79. The van der Waals surface area contributed by atoms with Gasteiger partial charge in [0.25, 0.3) is 11.8 Å². The summed E-state index contributed by atoms with van der Waals surface area (Å²) in [5.41, 5.74) is 4.13. The van der Waals surface area contributed by atoms with Gasteiger partial charge >= 0.3 is 0 Å². The van der Waals surface area contributed by atoms with Crippen molar-refractivity contribution in [3.8, 4) is 5.75 Å². The summed E-state index contributed by atoms with van der Waals surface area (Å²) >= 11 is 0. The van der Waals surface area contributed by atoms with Gasteiger partial charge in [0.15, 0.2) is 0 Å². The van der Waals surface area contributed by atoms with Crippen LogP contribution in [-0.4, -0.2) is 49.6 Å². The number of morpholine rings is 1. The molecule has 2 aliphatic rings. The van der Waals surface area contributed by atoms with Crippen LogP contribution < -0.4 is 9.64 Å². The number of anilines is 1. The summed E-state index contributed by atoms with van der Waals surface area (Å²) in [5.74, 6) is 0.603. The van der Waals surface area contributed by atoms with Gasteiger partial charge in [0.2, 0.25) is 0 Å². The van der Waals surface area contributed by atoms with Gasteiger partial charge in [-0.2, -0.15) is 0 Å². The Balaban J connectivity index is 1.75. The van der Waals surface area contributed by atoms with Gasteiger partial charge < -0.3 is 14.4 Å². The Morgan fingerprint density at radius 1 is 0.969 bits per heavy atom. The van der Waals surface area contributed by atoms with E-state index < -0.39 is 0 Å². The first kappa shape index (κ1) is 22.1. The van der Waals surface area contributed by atoms with E-state index in [-0.39, 0.29) is 11.8 Å². The molecule has 0 bridgehead atoms. The molecular weight excluding hydrogens is 404 g/mol. The Kier molecular flexibility index (Phi) is 6.33. The molecule has 4 rings (SSSR count). The monoisotopic (exact) mass is 434 g/mol. The number of benzene rings is 2. The van der Waals surface area contributed by atoms with Crippen LogP contribution in [0, 0.1) is 19.8 Å². The summed E-state index contributed by atoms with van der Waals surface area (Å²) in [6, 6.07) is 13.3. The van der Waals surface area contributed by atoms with E-state index in [2.05, 4.69) is 13.8 Å². The standard InChI is InChI=1S/C26H30N2O4/c1-17(2)16-32-21-9-7-20(8-10-21)23-24(27-11-13-31-14-12-27)26(30)28(25(23)29)22-15-18(3)5-6-19(22)4/h5-10,15,17H,11-14,16H2,1-4H3. The third kappa shape index (κ3) is 4.28. The molecule has 0 radical (unpaired) electrons. The molecule has 2 aromatic rings. The molecule has 0 unspecified atom stereocenters. The van der Waals surface area contributed by atoms with Crippen molar-refractivity contribution in [3.05, 3.63) is 64.9 Å². The molecule has 2 amide bonds. The highest BCUT2D eigenvalue weighted by Crippen LogP contribution is 2.37. The third-order valence-corrected chi connectivity index (χ3v) is 5.72. The fraction of sp³-hybridized carbons (Fsp3) is 0.385. The Morgan fingerprint density at radius 3 is 2.31 bits per heavy atom. The van der Waals surface area contributed by atoms with Gasteiger partial charge in [0, 0.05) is 13.1 Å². The molecule has 6 nitrogen and oxygen atoms in total. The van der Waals surface area contributed by atoms with Crippen LogP contribution in [0.15, 0.2) is 48.2 Å². The van der Waals surface area contributed by atoms with Gasteiger partial charge in [-0.1, -0.05) is 38.1 Å². The summed E-state index contributed by atoms with van der Waals surface area (Å²) in [4.78, 5) is 30.6. The van der Waals surface area contributed by atoms with Crippen molar-refractivity contribution >= 4 is 23.1 Å². The van der Waals surface area contributed by atoms with Crippen molar-refractivity contribution in [1.82, 2.24) is 4.90 Å². The van der Waals surface area contributed by atoms with E-state index in [0.29, 0.717) is 55.8 Å². The highest BCUT2D eigenvalue weighted by atomic mass is 16.5. The lowest BCUT2D eigenvalue weighted by molar-refractivity contribution is -0.121. The molecule has 0 aliphatic carbocycles. The summed E-state index contributed by atoms with van der Waals surface area (Å²) < 4.78 is 11.3. The first-order valence-electron chi connectivity index (χ1n) is 11.1. The van der Waals surface area contributed by atoms with Crippen LogP contribution in [0.4, 0.5) is 5.69 Å². The number of nitrogens with zero attached hydrogens (tertiary/aromatic N) is 2. The molecule has 1 saturated heterocycles. The van der Waals surface area contributed by atoms with Crippen molar-refractivity contribution in [2.75, 3.05) is 37.8 Å². The van der Waals surface area contributed by atoms with Crippen LogP contribution >= 0.6 is 0 Å². The molecular formula is C26H30N2O4. The predicted molar refractivity (Wildman–Crippen MR) is 124 cm³/mol. The molecule has 0 spiro atoms. The Morgan fingerprint density at radius 2 is 1.66 bits per heavy atom. The van der Waals surface area contributed by atoms with Gasteiger partial charge in [-0.25, -0.2) is 4.90 Å². The summed E-state index contributed by atoms with van der Waals surface area (Å²) in [6.07, 6.45) is 0. The number of ether oxygens (including phenoxy) is 2. The number of rotatable bonds is 6. The van der Waals surface area contributed by atoms with Crippen molar-refractivity contribution in [2.24, 2.45) is 5.92 Å². The van der Waals surface area contributed by atoms with E-state index in [4.69, 9.17) is 9.47 Å². The molecule has 0 aromatic heterocycles. The zero-order chi connectivity index (χ0) is 22.8. The largest absolute Gasteiger partial charge is 0.493 e. The molecule has 2 aliphatic heterocycles. The van der Waals surface area contributed by atoms with Crippen molar-refractivity contribution in [1.29, 1.82) is 0 Å². The van der Waals surface area contributed by atoms with Crippen LogP contribution in [0.2, 0.25) is 0 Å². The average molecular weight is 435 g/mol. The second-order valence-electron chi connectivity index (χ2n) is 8.79. The summed E-state index contributed by atoms with van der Waals surface area (Å²) in [5, 5.41) is 0. The number of carbonyl (C=O) groups excluding carboxylic acids is 2. The van der Waals surface area contributed by atoms with E-state index in [0.717, 1.165) is 22.4 Å². The molecule has 0 saturated carbocycles. The third-order valence-electron chi connectivity index (χ3n) is 5.72. The van der Waals surface area contributed by atoms with E-state index in [1.165, 1.54) is 4.90 Å². The molecule has 0 atom stereocenters. The minimum absolute atomic E-state index is 0.277. The van der Waals surface area contributed by atoms with Crippen LogP contribution in [0.25, 0.3) is 5.57 Å². The number of hydrogen-bond donors (Lipinski definition) is 0. The highest BCUT2D eigenvalue weighted by Gasteiger charge is 2.43. The molecule has 1 fully saturated rings. The van der Waals surface area contributed by atoms with E-state index in [9.17, 15) is 9.59 Å². The first-order chi connectivity index (χ1) is 15.4. The maximum atomic E-state index is 13.7. The van der Waals surface area contributed by atoms with Crippen molar-refractivity contribution in [2.45, 2.75) is 27.7 Å². The minimum Gasteiger partial charge on any atom is -0.493 e. The smallest absolute Gasteiger partial charge is 0.282 e. The predicted octanol–water partition coefficient (Wildman–Crippen LogP) is 3.95. The van der Waals surface area contributed by atoms with E-state index in [1.54, 1.807) is 0 Å². The SMILES string of the molecule is Cc1ccc(C)c(N2C(=O)C(c3ccc(OCC(C)C)cc3)=C(N3CCOCC3)C2=O)c1. The van der Waals surface area contributed by atoms with Crippen molar-refractivity contribution < 1.29 is 19.1 Å². The van der Waals surface area contributed by atoms with Crippen LogP contribution in [0.3, 0.4) is 0 Å². The first-order valence-corrected chi connectivity index (χ1v) is 11.1. The minimum atomic E-state index is -0.291. The quantitative estimate of drug-likeness (QED) is 0.645. The highest BCUT2D eigenvalue weighted by molar-refractivity contribution is 6.45. The van der Waals surface area contributed by atoms with Crippen LogP contribution in [0.5, 0.6) is 5.75 Å². The van der Waals surface area contributed by atoms with Gasteiger partial charge in [0.1, 0.15) is 11.4 Å². The Bertz CT molecular complexity index is 1050. The van der Waals surface area contributed by atoms with Gasteiger partial charge in [0.05, 0.1) is 31.1 Å². The van der Waals surface area contributed by atoms with E-state index in [1.807, 2.05) is 61.2 Å². The van der Waals surface area contributed by atoms with Crippen molar-refractivity contribution in [3.63, 3.8) is 0 Å². The topological polar surface area (TPSA) is 59.1 Å². The molecule has 168 valence electrons. The van der Waals surface area contributed by atoms with Gasteiger partial charge in [-0.05, 0) is 54.7 Å². The number of carbonyl (C=O) groups is 2. The summed E-state index contributed by atoms with van der Waals surface area (Å²) in [7, 11) is 0. The van der Waals surface area contributed by atoms with Crippen LogP contribution in [-0.2, 0) is 14.3 Å². The lowest BCUT2D eigenvalue weighted by Gasteiger charge is -2.29. The second kappa shape index (κ2) is 9.17. The van der Waals surface area contributed by atoms with Crippen LogP contribution in [0.1, 0.15) is 30.5 Å². The Hall–Kier alpha value is -3.12. The zero-order valence-corrected chi connectivity index (χ0v) is 19.2. The zero-order valence-electron chi connectivity index (χ0n) is 19.2. The van der Waals surface area contributed by atoms with E-state index >= 15 is 0 Å². The number of aryl methyl sites for hydroxylation is 2. The molecule has 2 heterocycles. The van der Waals surface area contributed by atoms with Gasteiger partial charge in [-0.15, -0.1) is 0 Å². The molecule has 6 heteroatoms. The normalized spacial score (nSPS) is 17.0. The summed E-state index contributed by atoms with van der Waals surface area (Å²) in [6.45, 7) is 10.9. The number of amides is 2. The lowest BCUT2D eigenvalue weighted by Crippen LogP contribution is -2.40. The fourth-order valence-electron chi connectivity index (χ4n) is 4.02. The maximum absolute atomic E-state index is 13.7. The average Bonchev–Trinajstić information content (AvgIpc) is 3.05. The molecule has 2 aromatic carbocycles. The maximum Gasteiger partial charge on any atom is 0.282 e. The number of hydrogen-bond acceptors (Lipinski definition) is 5. The molecule has 32 heavy (non-hydrogen) atoms.